The predicted molar refractivity (Wildman–Crippen MR) is 104 cm³/mol. The van der Waals surface area contributed by atoms with Gasteiger partial charge in [0.25, 0.3) is 5.89 Å². The molecule has 2 N–H and O–H groups in total. The Bertz CT molecular complexity index is 862. The van der Waals surface area contributed by atoms with E-state index in [-0.39, 0.29) is 24.0 Å². The predicted octanol–water partition coefficient (Wildman–Crippen LogP) is 1.55. The largest absolute Gasteiger partial charge is 0.459 e. The van der Waals surface area contributed by atoms with Crippen molar-refractivity contribution >= 4 is 17.8 Å². The Morgan fingerprint density at radius 3 is 2.76 bits per heavy atom. The quantitative estimate of drug-likeness (QED) is 0.670. The molecule has 3 rings (SSSR count). The van der Waals surface area contributed by atoms with Crippen LogP contribution in [0.15, 0.2) is 27.2 Å². The minimum absolute atomic E-state index is 0.133. The van der Waals surface area contributed by atoms with Crippen molar-refractivity contribution in [2.45, 2.75) is 19.8 Å². The summed E-state index contributed by atoms with van der Waals surface area (Å²) in [7, 11) is 0. The van der Waals surface area contributed by atoms with Crippen molar-refractivity contribution in [3.8, 4) is 17.7 Å². The first kappa shape index (κ1) is 20.4. The number of nitrogens with zero attached hydrogens (tertiary/aromatic N) is 4. The molecule has 10 heteroatoms. The van der Waals surface area contributed by atoms with Gasteiger partial charge in [0.2, 0.25) is 17.5 Å². The molecule has 1 fully saturated rings. The van der Waals surface area contributed by atoms with Gasteiger partial charge in [-0.25, -0.2) is 4.79 Å². The Labute approximate surface area is 168 Å². The summed E-state index contributed by atoms with van der Waals surface area (Å²) in [5.74, 6) is 0.779. The standard InChI is InChI=1S/C19H24N6O4/c1-2-3-6-21-19(27)23-16(26)13-24-7-9-25(10-8-24)18-14(12-20)22-17(29-18)15-5-4-11-28-15/h4-5,11H,2-3,6-10,13H2,1H3,(H2,21,23,26,27). The number of rotatable bonds is 7. The molecule has 0 bridgehead atoms. The molecule has 10 nitrogen and oxygen atoms in total. The Morgan fingerprint density at radius 2 is 2.10 bits per heavy atom. The summed E-state index contributed by atoms with van der Waals surface area (Å²) < 4.78 is 11.0. The van der Waals surface area contributed by atoms with E-state index < -0.39 is 6.03 Å². The van der Waals surface area contributed by atoms with E-state index in [9.17, 15) is 14.9 Å². The molecular weight excluding hydrogens is 376 g/mol. The van der Waals surface area contributed by atoms with Crippen LogP contribution in [0.2, 0.25) is 0 Å². The number of imide groups is 1. The van der Waals surface area contributed by atoms with Gasteiger partial charge < -0.3 is 19.1 Å². The van der Waals surface area contributed by atoms with Crippen molar-refractivity contribution in [1.82, 2.24) is 20.5 Å². The molecule has 1 saturated heterocycles. The zero-order valence-corrected chi connectivity index (χ0v) is 16.3. The van der Waals surface area contributed by atoms with E-state index in [1.165, 1.54) is 6.26 Å². The third-order valence-electron chi connectivity index (χ3n) is 4.54. The van der Waals surface area contributed by atoms with Crippen LogP contribution < -0.4 is 15.5 Å². The molecule has 0 atom stereocenters. The second kappa shape index (κ2) is 9.75. The number of carbonyl (C=O) groups is 2. The maximum Gasteiger partial charge on any atom is 0.321 e. The highest BCUT2D eigenvalue weighted by Gasteiger charge is 2.26. The fourth-order valence-electron chi connectivity index (χ4n) is 3.01. The number of carbonyl (C=O) groups excluding carboxylic acids is 2. The number of aromatic nitrogens is 1. The highest BCUT2D eigenvalue weighted by molar-refractivity contribution is 5.95. The second-order valence-electron chi connectivity index (χ2n) is 6.68. The average molecular weight is 400 g/mol. The van der Waals surface area contributed by atoms with Crippen LogP contribution in [0.3, 0.4) is 0 Å². The maximum absolute atomic E-state index is 12.0. The number of hydrogen-bond acceptors (Lipinski definition) is 8. The molecule has 2 aromatic rings. The molecule has 0 saturated carbocycles. The van der Waals surface area contributed by atoms with Crippen LogP contribution in [0.5, 0.6) is 0 Å². The third kappa shape index (κ3) is 5.36. The number of amides is 3. The van der Waals surface area contributed by atoms with Gasteiger partial charge in [-0.3, -0.25) is 15.0 Å². The van der Waals surface area contributed by atoms with Gasteiger partial charge in [0, 0.05) is 32.7 Å². The van der Waals surface area contributed by atoms with Crippen LogP contribution in [0.25, 0.3) is 11.7 Å². The van der Waals surface area contributed by atoms with Crippen molar-refractivity contribution in [2.24, 2.45) is 0 Å². The molecule has 2 aromatic heterocycles. The molecule has 1 aliphatic heterocycles. The Balaban J connectivity index is 1.50. The first-order chi connectivity index (χ1) is 14.1. The third-order valence-corrected chi connectivity index (χ3v) is 4.54. The van der Waals surface area contributed by atoms with Gasteiger partial charge in [-0.15, -0.1) is 0 Å². The number of piperazine rings is 1. The second-order valence-corrected chi connectivity index (χ2v) is 6.68. The number of anilines is 1. The molecule has 1 aliphatic rings. The summed E-state index contributed by atoms with van der Waals surface area (Å²) >= 11 is 0. The van der Waals surface area contributed by atoms with E-state index in [1.54, 1.807) is 12.1 Å². The van der Waals surface area contributed by atoms with Crippen molar-refractivity contribution < 1.29 is 18.4 Å². The highest BCUT2D eigenvalue weighted by atomic mass is 16.4. The molecule has 3 amide bonds. The lowest BCUT2D eigenvalue weighted by Crippen LogP contribution is -2.51. The number of urea groups is 1. The highest BCUT2D eigenvalue weighted by Crippen LogP contribution is 2.28. The normalized spacial score (nSPS) is 14.4. The number of oxazole rings is 1. The van der Waals surface area contributed by atoms with Gasteiger partial charge in [-0.05, 0) is 18.6 Å². The average Bonchev–Trinajstić information content (AvgIpc) is 3.38. The molecule has 0 unspecified atom stereocenters. The molecule has 154 valence electrons. The summed E-state index contributed by atoms with van der Waals surface area (Å²) in [6, 6.07) is 5.02. The van der Waals surface area contributed by atoms with Crippen LogP contribution in [0.1, 0.15) is 25.5 Å². The molecule has 29 heavy (non-hydrogen) atoms. The molecular formula is C19H24N6O4. The summed E-state index contributed by atoms with van der Waals surface area (Å²) in [6.07, 6.45) is 3.36. The number of hydrogen-bond donors (Lipinski definition) is 2. The van der Waals surface area contributed by atoms with E-state index in [4.69, 9.17) is 8.83 Å². The lowest BCUT2D eigenvalue weighted by Gasteiger charge is -2.33. The van der Waals surface area contributed by atoms with Crippen molar-refractivity contribution in [1.29, 1.82) is 5.26 Å². The van der Waals surface area contributed by atoms with Gasteiger partial charge in [-0.2, -0.15) is 10.2 Å². The van der Waals surface area contributed by atoms with Crippen LogP contribution >= 0.6 is 0 Å². The van der Waals surface area contributed by atoms with Crippen LogP contribution in [0, 0.1) is 11.3 Å². The van der Waals surface area contributed by atoms with Crippen molar-refractivity contribution in [3.05, 3.63) is 24.1 Å². The van der Waals surface area contributed by atoms with Crippen LogP contribution in [0.4, 0.5) is 10.7 Å². The summed E-state index contributed by atoms with van der Waals surface area (Å²) in [5.41, 5.74) is 0.200. The van der Waals surface area contributed by atoms with Gasteiger partial charge in [0.05, 0.1) is 12.8 Å². The molecule has 0 aliphatic carbocycles. The zero-order chi connectivity index (χ0) is 20.6. The summed E-state index contributed by atoms with van der Waals surface area (Å²) in [6.45, 7) is 5.02. The van der Waals surface area contributed by atoms with Gasteiger partial charge >= 0.3 is 6.03 Å². The Morgan fingerprint density at radius 1 is 1.31 bits per heavy atom. The minimum atomic E-state index is -0.465. The summed E-state index contributed by atoms with van der Waals surface area (Å²) in [5, 5.41) is 14.4. The number of nitrogens with one attached hydrogen (secondary N) is 2. The van der Waals surface area contributed by atoms with Crippen molar-refractivity contribution in [3.63, 3.8) is 0 Å². The topological polar surface area (TPSA) is 128 Å². The lowest BCUT2D eigenvalue weighted by molar-refractivity contribution is -0.121. The van der Waals surface area contributed by atoms with Gasteiger partial charge in [0.15, 0.2) is 5.76 Å². The van der Waals surface area contributed by atoms with Crippen molar-refractivity contribution in [2.75, 3.05) is 44.2 Å². The van der Waals surface area contributed by atoms with Crippen LogP contribution in [-0.2, 0) is 4.79 Å². The number of unbranched alkanes of at least 4 members (excludes halogenated alkanes) is 1. The number of furan rings is 1. The SMILES string of the molecule is CCCCNC(=O)NC(=O)CN1CCN(c2oc(-c3ccco3)nc2C#N)CC1. The lowest BCUT2D eigenvalue weighted by atomic mass is 10.3. The molecule has 0 spiro atoms. The summed E-state index contributed by atoms with van der Waals surface area (Å²) in [4.78, 5) is 31.7. The zero-order valence-electron chi connectivity index (χ0n) is 16.3. The Kier molecular flexibility index (Phi) is 6.86. The first-order valence-corrected chi connectivity index (χ1v) is 9.60. The fourth-order valence-corrected chi connectivity index (χ4v) is 3.01. The van der Waals surface area contributed by atoms with E-state index >= 15 is 0 Å². The number of nitriles is 1. The monoisotopic (exact) mass is 400 g/mol. The molecule has 0 radical (unpaired) electrons. The van der Waals surface area contributed by atoms with E-state index in [2.05, 4.69) is 21.7 Å². The minimum Gasteiger partial charge on any atom is -0.459 e. The molecule has 0 aromatic carbocycles. The first-order valence-electron chi connectivity index (χ1n) is 9.60. The van der Waals surface area contributed by atoms with E-state index in [0.717, 1.165) is 12.8 Å². The maximum atomic E-state index is 12.0. The van der Waals surface area contributed by atoms with E-state index in [1.807, 2.05) is 16.7 Å². The van der Waals surface area contributed by atoms with Gasteiger partial charge in [0.1, 0.15) is 6.07 Å². The smallest absolute Gasteiger partial charge is 0.321 e. The fraction of sp³-hybridized carbons (Fsp3) is 0.474. The van der Waals surface area contributed by atoms with E-state index in [0.29, 0.717) is 44.4 Å². The van der Waals surface area contributed by atoms with Gasteiger partial charge in [-0.1, -0.05) is 13.3 Å². The Hall–Kier alpha value is -3.32. The molecule has 3 heterocycles. The van der Waals surface area contributed by atoms with Crippen LogP contribution in [-0.4, -0.2) is 61.1 Å².